The van der Waals surface area contributed by atoms with E-state index in [0.29, 0.717) is 82.7 Å². The highest BCUT2D eigenvalue weighted by atomic mass is 16.6. The first kappa shape index (κ1) is 68.2. The standard InChI is InChI=1S/C17H16N2O5.C17H18N2O3.C16H17N3O2.C10H11NO3.C10H9NO3/c1-23-17(20)11-8-12(10-18-9-11)24-16-7-3-4-13-14(16)5-2-6-15(13)19(21)22;1-21-17(20)11-8-12(10-19-9-11)22-16-7-3-4-13-14(16)5-2-6-15(13)18;17-14-5-1-4-13-12(14)3-2-6-15(13)21-11-7-10(16(18)20)8-19-9-11;2*12-10-6-2-3-7-8(10)4-1-5-9(7)11(13)14/h2,5-6,8-10,16H,3-4,7H2,1H3;2,5-6,8-10,16H,3-4,7,18H2,1H3;1,4-5,7-9,15H,2-3,6,17H2,(H2,18,20);1,4-5,10,12H,2-3,6H2;1,4-5H,2-3,6H2. The summed E-state index contributed by atoms with van der Waals surface area (Å²) in [5.41, 5.74) is 29.0. The third-order valence-corrected chi connectivity index (χ3v) is 16.8. The number of aromatic nitrogens is 3. The van der Waals surface area contributed by atoms with Gasteiger partial charge in [0.1, 0.15) is 35.6 Å². The van der Waals surface area contributed by atoms with Crippen molar-refractivity contribution in [1.82, 2.24) is 15.0 Å². The van der Waals surface area contributed by atoms with Crippen molar-refractivity contribution < 1.29 is 62.7 Å². The summed E-state index contributed by atoms with van der Waals surface area (Å²) < 4.78 is 27.4. The number of primary amides is 1. The average Bonchev–Trinajstić information content (AvgIpc) is 0.893. The molecule has 4 atom stereocenters. The first-order valence-corrected chi connectivity index (χ1v) is 30.9. The van der Waals surface area contributed by atoms with Gasteiger partial charge in [-0.05, 0) is 148 Å². The molecule has 4 unspecified atom stereocenters. The number of amides is 1. The second-order valence-corrected chi connectivity index (χ2v) is 22.9. The largest absolute Gasteiger partial charge is 0.484 e. The number of carbonyl (C=O) groups excluding carboxylic acids is 4. The van der Waals surface area contributed by atoms with E-state index >= 15 is 0 Å². The number of ketones is 1. The van der Waals surface area contributed by atoms with Crippen LogP contribution in [0.25, 0.3) is 0 Å². The number of aliphatic hydroxyl groups is 1. The van der Waals surface area contributed by atoms with Crippen LogP contribution < -0.4 is 31.4 Å². The molecule has 7 N–H and O–H groups in total. The number of carbonyl (C=O) groups is 4. The van der Waals surface area contributed by atoms with Crippen molar-refractivity contribution in [2.45, 2.75) is 121 Å². The van der Waals surface area contributed by atoms with Gasteiger partial charge < -0.3 is 46.0 Å². The molecule has 95 heavy (non-hydrogen) atoms. The molecule has 0 aliphatic heterocycles. The Morgan fingerprint density at radius 1 is 0.463 bits per heavy atom. The second-order valence-electron chi connectivity index (χ2n) is 22.9. The number of nitrogens with two attached hydrogens (primary N) is 3. The molecule has 5 aliphatic rings. The molecule has 0 bridgehead atoms. The number of aliphatic hydroxyl groups excluding tert-OH is 1. The maximum absolute atomic E-state index is 11.6. The summed E-state index contributed by atoms with van der Waals surface area (Å²) >= 11 is 0. The van der Waals surface area contributed by atoms with Crippen LogP contribution in [0.3, 0.4) is 0 Å². The van der Waals surface area contributed by atoms with Crippen molar-refractivity contribution in [2.75, 3.05) is 25.7 Å². The number of rotatable bonds is 12. The predicted molar refractivity (Wildman–Crippen MR) is 349 cm³/mol. The Balaban J connectivity index is 0.000000142. The summed E-state index contributed by atoms with van der Waals surface area (Å²) in [6.07, 6.45) is 20.1. The lowest BCUT2D eigenvalue weighted by atomic mass is 9.88. The van der Waals surface area contributed by atoms with Gasteiger partial charge >= 0.3 is 11.9 Å². The Morgan fingerprint density at radius 3 is 1.26 bits per heavy atom. The van der Waals surface area contributed by atoms with Crippen LogP contribution in [0.2, 0.25) is 0 Å². The lowest BCUT2D eigenvalue weighted by molar-refractivity contribution is -0.385. The van der Waals surface area contributed by atoms with E-state index in [9.17, 15) is 54.6 Å². The summed E-state index contributed by atoms with van der Waals surface area (Å²) in [6.45, 7) is 0. The Kier molecular flexibility index (Phi) is 22.9. The van der Waals surface area contributed by atoms with E-state index < -0.39 is 28.9 Å². The van der Waals surface area contributed by atoms with Crippen LogP contribution in [0.15, 0.2) is 146 Å². The molecule has 5 aliphatic carbocycles. The number of hydrogen-bond acceptors (Lipinski definition) is 21. The van der Waals surface area contributed by atoms with Crippen LogP contribution in [0.5, 0.6) is 17.2 Å². The molecule has 1 amide bonds. The molecule has 0 spiro atoms. The Hall–Kier alpha value is -11.2. The number of benzene rings is 5. The first-order chi connectivity index (χ1) is 45.8. The minimum absolute atomic E-state index is 0.0231. The van der Waals surface area contributed by atoms with Crippen molar-refractivity contribution in [2.24, 2.45) is 5.73 Å². The monoisotopic (exact) mass is 1290 g/mol. The van der Waals surface area contributed by atoms with Gasteiger partial charge in [-0.3, -0.25) is 54.9 Å². The molecule has 13 rings (SSSR count). The number of fused-ring (bicyclic) bond motifs is 5. The van der Waals surface area contributed by atoms with E-state index in [4.69, 9.17) is 36.1 Å². The van der Waals surface area contributed by atoms with Gasteiger partial charge in [0.25, 0.3) is 17.1 Å². The molecule has 0 saturated carbocycles. The van der Waals surface area contributed by atoms with E-state index in [-0.39, 0.29) is 51.0 Å². The second kappa shape index (κ2) is 31.9. The van der Waals surface area contributed by atoms with Gasteiger partial charge in [-0.25, -0.2) is 9.59 Å². The number of Topliss-reactive ketones (excluding diaryl/α,β-unsaturated/α-hetero) is 1. The van der Waals surface area contributed by atoms with Gasteiger partial charge in [0.05, 0.1) is 70.4 Å². The van der Waals surface area contributed by atoms with Crippen molar-refractivity contribution in [3.05, 3.63) is 249 Å². The molecule has 0 radical (unpaired) electrons. The van der Waals surface area contributed by atoms with Crippen LogP contribution in [0.4, 0.5) is 28.4 Å². The zero-order valence-electron chi connectivity index (χ0n) is 52.3. The molecular formula is C70H71N9O16. The number of nitrogens with zero attached hydrogens (tertiary/aromatic N) is 6. The molecule has 0 fully saturated rings. The molecule has 8 aromatic rings. The van der Waals surface area contributed by atoms with Crippen molar-refractivity contribution in [3.63, 3.8) is 0 Å². The van der Waals surface area contributed by atoms with Gasteiger partial charge in [0.15, 0.2) is 5.78 Å². The van der Waals surface area contributed by atoms with Crippen LogP contribution in [0, 0.1) is 30.3 Å². The molecule has 5 aromatic carbocycles. The minimum Gasteiger partial charge on any atom is -0.484 e. The number of hydrogen-bond donors (Lipinski definition) is 4. The Morgan fingerprint density at radius 2 is 0.821 bits per heavy atom. The smallest absolute Gasteiger partial charge is 0.339 e. The fourth-order valence-corrected chi connectivity index (χ4v) is 12.3. The Labute approximate surface area is 546 Å². The number of methoxy groups -OCH3 is 2. The number of pyridine rings is 3. The predicted octanol–water partition coefficient (Wildman–Crippen LogP) is 12.4. The zero-order chi connectivity index (χ0) is 67.7. The topological polar surface area (TPSA) is 381 Å². The molecule has 3 aromatic heterocycles. The van der Waals surface area contributed by atoms with Gasteiger partial charge in [0, 0.05) is 82.4 Å². The highest BCUT2D eigenvalue weighted by Gasteiger charge is 2.30. The fraction of sp³-hybridized carbons (Fsp3) is 0.300. The van der Waals surface area contributed by atoms with E-state index in [1.54, 1.807) is 60.9 Å². The highest BCUT2D eigenvalue weighted by molar-refractivity contribution is 5.99. The Bertz CT molecular complexity index is 4150. The summed E-state index contributed by atoms with van der Waals surface area (Å²) in [7, 11) is 2.64. The third-order valence-electron chi connectivity index (χ3n) is 16.8. The first-order valence-electron chi connectivity index (χ1n) is 30.9. The molecule has 492 valence electrons. The number of nitro benzene ring substituents is 3. The van der Waals surface area contributed by atoms with Crippen LogP contribution in [-0.2, 0) is 41.6 Å². The van der Waals surface area contributed by atoms with E-state index in [1.807, 2.05) is 42.5 Å². The van der Waals surface area contributed by atoms with Gasteiger partial charge in [-0.15, -0.1) is 0 Å². The molecule has 0 saturated heterocycles. The number of anilines is 2. The van der Waals surface area contributed by atoms with Crippen molar-refractivity contribution >= 4 is 52.1 Å². The van der Waals surface area contributed by atoms with E-state index in [1.165, 1.54) is 57.2 Å². The zero-order valence-corrected chi connectivity index (χ0v) is 52.3. The fourth-order valence-electron chi connectivity index (χ4n) is 12.3. The minimum atomic E-state index is -0.529. The number of esters is 2. The lowest BCUT2D eigenvalue weighted by Gasteiger charge is -2.27. The highest BCUT2D eigenvalue weighted by Crippen LogP contribution is 2.41. The van der Waals surface area contributed by atoms with Crippen LogP contribution >= 0.6 is 0 Å². The number of nitrogen functional groups attached to an aromatic ring is 2. The summed E-state index contributed by atoms with van der Waals surface area (Å²) in [6, 6.07) is 31.3. The maximum Gasteiger partial charge on any atom is 0.339 e. The maximum atomic E-state index is 11.6. The SMILES string of the molecule is COC(=O)c1cncc(OC2CCCc3c(N)cccc32)c1.COC(=O)c1cncc(OC2CCCc3c2cccc3[N+](=O)[O-])c1.NC(=O)c1cncc(OC2CCCc3c(N)cccc32)c1.O=C1CCCc2c1cccc2[N+](=O)[O-].O=[N+]([O-])c1cccc2c1CCCC2O. The molecule has 25 nitrogen and oxygen atoms in total. The molecule has 3 heterocycles. The number of ether oxygens (including phenoxy) is 5. The van der Waals surface area contributed by atoms with E-state index in [0.717, 1.165) is 115 Å². The normalized spacial score (nSPS) is 16.9. The number of nitro groups is 3. The quantitative estimate of drug-likeness (QED) is 0.0382. The summed E-state index contributed by atoms with van der Waals surface area (Å²) in [5, 5.41) is 42.2. The van der Waals surface area contributed by atoms with Crippen molar-refractivity contribution in [3.8, 4) is 17.2 Å². The van der Waals surface area contributed by atoms with Crippen LogP contribution in [-0.4, -0.2) is 72.7 Å². The average molecular weight is 1290 g/mol. The summed E-state index contributed by atoms with van der Waals surface area (Å²) in [4.78, 5) is 89.2. The van der Waals surface area contributed by atoms with Crippen molar-refractivity contribution in [1.29, 1.82) is 0 Å². The molecular weight excluding hydrogens is 1220 g/mol. The van der Waals surface area contributed by atoms with Gasteiger partial charge in [-0.1, -0.05) is 60.7 Å². The lowest BCUT2D eigenvalue weighted by Crippen LogP contribution is -2.17. The third kappa shape index (κ3) is 16.9. The van der Waals surface area contributed by atoms with Gasteiger partial charge in [0.2, 0.25) is 5.91 Å². The summed E-state index contributed by atoms with van der Waals surface area (Å²) in [5.74, 6) is 0.132. The van der Waals surface area contributed by atoms with E-state index in [2.05, 4.69) is 19.7 Å². The molecule has 25 heteroatoms. The van der Waals surface area contributed by atoms with Crippen LogP contribution in [0.1, 0.15) is 180 Å². The van der Waals surface area contributed by atoms with Gasteiger partial charge in [-0.2, -0.15) is 0 Å².